The third kappa shape index (κ3) is 2.85. The van der Waals surface area contributed by atoms with E-state index in [4.69, 9.17) is 4.74 Å². The van der Waals surface area contributed by atoms with Crippen LogP contribution in [0.2, 0.25) is 0 Å². The predicted octanol–water partition coefficient (Wildman–Crippen LogP) is 2.51. The molecule has 1 aromatic carbocycles. The largest absolute Gasteiger partial charge is 0.459 e. The Morgan fingerprint density at radius 1 is 1.26 bits per heavy atom. The molecule has 0 fully saturated rings. The maximum atomic E-state index is 12.0. The van der Waals surface area contributed by atoms with Crippen molar-refractivity contribution in [2.45, 2.75) is 25.6 Å². The molecule has 4 heteroatoms. The van der Waals surface area contributed by atoms with E-state index in [2.05, 4.69) is 17.4 Å². The Hall–Kier alpha value is -1.65. The molecule has 0 bridgehead atoms. The molecule has 0 aliphatic carbocycles. The van der Waals surface area contributed by atoms with Crippen molar-refractivity contribution in [3.8, 4) is 0 Å². The van der Waals surface area contributed by atoms with Gasteiger partial charge in [-0.3, -0.25) is 4.79 Å². The predicted molar refractivity (Wildman–Crippen MR) is 74.9 cm³/mol. The van der Waals surface area contributed by atoms with Gasteiger partial charge >= 0.3 is 5.97 Å². The first-order valence-corrected chi connectivity index (χ1v) is 7.20. The Bertz CT molecular complexity index is 565. The van der Waals surface area contributed by atoms with Crippen LogP contribution in [0.25, 0.3) is 0 Å². The summed E-state index contributed by atoms with van der Waals surface area (Å²) in [7, 11) is 0. The molecule has 1 aliphatic rings. The number of benzene rings is 1. The molecule has 1 N–H and O–H groups in total. The molecule has 1 aromatic heterocycles. The van der Waals surface area contributed by atoms with Gasteiger partial charge in [-0.25, -0.2) is 0 Å². The number of rotatable bonds is 3. The lowest BCUT2D eigenvalue weighted by Gasteiger charge is -2.24. The summed E-state index contributed by atoms with van der Waals surface area (Å²) < 4.78 is 5.35. The lowest BCUT2D eigenvalue weighted by Crippen LogP contribution is -2.42. The fourth-order valence-corrected chi connectivity index (χ4v) is 2.87. The molecule has 0 saturated carbocycles. The van der Waals surface area contributed by atoms with Gasteiger partial charge in [-0.05, 0) is 29.0 Å². The molecule has 1 unspecified atom stereocenters. The van der Waals surface area contributed by atoms with E-state index >= 15 is 0 Å². The normalized spacial score (nSPS) is 17.8. The molecule has 0 saturated heterocycles. The summed E-state index contributed by atoms with van der Waals surface area (Å²) in [5, 5.41) is 5.22. The van der Waals surface area contributed by atoms with Gasteiger partial charge < -0.3 is 10.1 Å². The molecule has 3 nitrogen and oxygen atoms in total. The maximum Gasteiger partial charge on any atom is 0.323 e. The van der Waals surface area contributed by atoms with Crippen LogP contribution < -0.4 is 5.32 Å². The maximum absolute atomic E-state index is 12.0. The first-order valence-electron chi connectivity index (χ1n) is 6.32. The second kappa shape index (κ2) is 5.55. The number of nitrogens with one attached hydrogen (secondary N) is 1. The zero-order valence-corrected chi connectivity index (χ0v) is 11.3. The van der Waals surface area contributed by atoms with Gasteiger partial charge in [0.2, 0.25) is 0 Å². The number of ether oxygens (including phenoxy) is 1. The number of esters is 1. The van der Waals surface area contributed by atoms with Gasteiger partial charge in [0.05, 0.1) is 0 Å². The van der Waals surface area contributed by atoms with Gasteiger partial charge in [0, 0.05) is 11.4 Å². The second-order valence-electron chi connectivity index (χ2n) is 4.59. The Labute approximate surface area is 116 Å². The summed E-state index contributed by atoms with van der Waals surface area (Å²) in [6.45, 7) is 1.10. The SMILES string of the molecule is O=C(OCc1cccs1)C1Cc2ccccc2CN1. The van der Waals surface area contributed by atoms with Gasteiger partial charge in [0.25, 0.3) is 0 Å². The molecular formula is C15H15NO2S. The van der Waals surface area contributed by atoms with E-state index in [-0.39, 0.29) is 12.0 Å². The minimum Gasteiger partial charge on any atom is -0.459 e. The quantitative estimate of drug-likeness (QED) is 0.873. The highest BCUT2D eigenvalue weighted by atomic mass is 32.1. The first kappa shape index (κ1) is 12.4. The Morgan fingerprint density at radius 3 is 2.89 bits per heavy atom. The van der Waals surface area contributed by atoms with E-state index in [1.807, 2.05) is 29.6 Å². The van der Waals surface area contributed by atoms with Crippen LogP contribution in [0, 0.1) is 0 Å². The van der Waals surface area contributed by atoms with Crippen molar-refractivity contribution in [3.05, 3.63) is 57.8 Å². The Morgan fingerprint density at radius 2 is 2.11 bits per heavy atom. The van der Waals surface area contributed by atoms with E-state index < -0.39 is 0 Å². The molecule has 19 heavy (non-hydrogen) atoms. The lowest BCUT2D eigenvalue weighted by atomic mass is 9.96. The summed E-state index contributed by atoms with van der Waals surface area (Å²) in [5.41, 5.74) is 2.50. The number of hydrogen-bond donors (Lipinski definition) is 1. The van der Waals surface area contributed by atoms with Gasteiger partial charge in [-0.1, -0.05) is 30.3 Å². The summed E-state index contributed by atoms with van der Waals surface area (Å²) in [5.74, 6) is -0.164. The minimum absolute atomic E-state index is 0.164. The monoisotopic (exact) mass is 273 g/mol. The average Bonchev–Trinajstić information content (AvgIpc) is 2.97. The van der Waals surface area contributed by atoms with Crippen LogP contribution in [-0.2, 0) is 29.1 Å². The molecule has 1 atom stereocenters. The van der Waals surface area contributed by atoms with Crippen molar-refractivity contribution in [2.75, 3.05) is 0 Å². The van der Waals surface area contributed by atoms with E-state index in [1.54, 1.807) is 11.3 Å². The number of hydrogen-bond acceptors (Lipinski definition) is 4. The zero-order chi connectivity index (χ0) is 13.1. The van der Waals surface area contributed by atoms with Crippen molar-refractivity contribution in [2.24, 2.45) is 0 Å². The van der Waals surface area contributed by atoms with Crippen LogP contribution in [-0.4, -0.2) is 12.0 Å². The van der Waals surface area contributed by atoms with Gasteiger partial charge in [-0.2, -0.15) is 0 Å². The average molecular weight is 273 g/mol. The van der Waals surface area contributed by atoms with E-state index in [1.165, 1.54) is 11.1 Å². The molecule has 2 aromatic rings. The second-order valence-corrected chi connectivity index (χ2v) is 5.63. The highest BCUT2D eigenvalue weighted by Crippen LogP contribution is 2.17. The molecule has 0 radical (unpaired) electrons. The Kier molecular flexibility index (Phi) is 3.62. The summed E-state index contributed by atoms with van der Waals surface area (Å²) in [4.78, 5) is 13.1. The number of carbonyl (C=O) groups excluding carboxylic acids is 1. The molecule has 0 amide bonds. The van der Waals surface area contributed by atoms with Crippen molar-refractivity contribution in [1.82, 2.24) is 5.32 Å². The van der Waals surface area contributed by atoms with Crippen LogP contribution in [0.1, 0.15) is 16.0 Å². The van der Waals surface area contributed by atoms with Gasteiger partial charge in [-0.15, -0.1) is 11.3 Å². The Balaban J connectivity index is 1.60. The van der Waals surface area contributed by atoms with E-state index in [0.29, 0.717) is 13.0 Å². The van der Waals surface area contributed by atoms with Crippen LogP contribution in [0.3, 0.4) is 0 Å². The third-order valence-electron chi connectivity index (χ3n) is 3.30. The van der Waals surface area contributed by atoms with Crippen LogP contribution in [0.15, 0.2) is 41.8 Å². The molecular weight excluding hydrogens is 258 g/mol. The molecule has 3 rings (SSSR count). The van der Waals surface area contributed by atoms with Crippen molar-refractivity contribution in [1.29, 1.82) is 0 Å². The molecule has 0 spiro atoms. The summed E-state index contributed by atoms with van der Waals surface area (Å²) in [6.07, 6.45) is 0.708. The topological polar surface area (TPSA) is 38.3 Å². The van der Waals surface area contributed by atoms with E-state index in [9.17, 15) is 4.79 Å². The molecule has 2 heterocycles. The van der Waals surface area contributed by atoms with Crippen molar-refractivity contribution in [3.63, 3.8) is 0 Å². The standard InChI is InChI=1S/C15H15NO2S/c17-15(18-10-13-6-3-7-19-13)14-8-11-4-1-2-5-12(11)9-16-14/h1-7,14,16H,8-10H2. The number of carbonyl (C=O) groups is 1. The number of thiophene rings is 1. The third-order valence-corrected chi connectivity index (χ3v) is 4.15. The van der Waals surface area contributed by atoms with Crippen molar-refractivity contribution < 1.29 is 9.53 Å². The lowest BCUT2D eigenvalue weighted by molar-refractivity contribution is -0.147. The van der Waals surface area contributed by atoms with Gasteiger partial charge in [0.1, 0.15) is 12.6 Å². The smallest absolute Gasteiger partial charge is 0.323 e. The summed E-state index contributed by atoms with van der Waals surface area (Å²) in [6, 6.07) is 11.9. The van der Waals surface area contributed by atoms with Crippen LogP contribution in [0.5, 0.6) is 0 Å². The van der Waals surface area contributed by atoms with Crippen molar-refractivity contribution >= 4 is 17.3 Å². The fourth-order valence-electron chi connectivity index (χ4n) is 2.26. The highest BCUT2D eigenvalue weighted by molar-refractivity contribution is 7.09. The first-order chi connectivity index (χ1) is 9.33. The zero-order valence-electron chi connectivity index (χ0n) is 10.5. The minimum atomic E-state index is -0.227. The summed E-state index contributed by atoms with van der Waals surface area (Å²) >= 11 is 1.60. The molecule has 1 aliphatic heterocycles. The van der Waals surface area contributed by atoms with Crippen LogP contribution >= 0.6 is 11.3 Å². The van der Waals surface area contributed by atoms with Crippen LogP contribution in [0.4, 0.5) is 0 Å². The van der Waals surface area contributed by atoms with Gasteiger partial charge in [0.15, 0.2) is 0 Å². The number of fused-ring (bicyclic) bond motifs is 1. The molecule has 98 valence electrons. The highest BCUT2D eigenvalue weighted by Gasteiger charge is 2.25. The van der Waals surface area contributed by atoms with E-state index in [0.717, 1.165) is 11.4 Å². The fraction of sp³-hybridized carbons (Fsp3) is 0.267.